The Hall–Kier alpha value is -2.82. The molecule has 5 nitrogen and oxygen atoms in total. The fourth-order valence-electron chi connectivity index (χ4n) is 2.32. The first-order chi connectivity index (χ1) is 11.8. The molecule has 0 radical (unpaired) electrons. The molecule has 0 atom stereocenters. The predicted molar refractivity (Wildman–Crippen MR) is 98.9 cm³/mol. The molecule has 0 aliphatic rings. The lowest BCUT2D eigenvalue weighted by molar-refractivity contribution is -0.119. The summed E-state index contributed by atoms with van der Waals surface area (Å²) in [7, 11) is 0. The number of ether oxygens (including phenoxy) is 1. The van der Waals surface area contributed by atoms with Crippen molar-refractivity contribution in [3.05, 3.63) is 59.2 Å². The predicted octanol–water partition coefficient (Wildman–Crippen LogP) is 3.67. The molecule has 2 aromatic carbocycles. The Balaban J connectivity index is 2.01. The van der Waals surface area contributed by atoms with Crippen molar-refractivity contribution in [2.75, 3.05) is 5.32 Å². The molecule has 0 aliphatic heterocycles. The van der Waals surface area contributed by atoms with Gasteiger partial charge in [-0.2, -0.15) is 0 Å². The molecule has 0 saturated heterocycles. The largest absolute Gasteiger partial charge is 0.491 e. The maximum absolute atomic E-state index is 12.4. The number of rotatable bonds is 6. The zero-order valence-corrected chi connectivity index (χ0v) is 15.1. The van der Waals surface area contributed by atoms with Crippen molar-refractivity contribution in [2.24, 2.45) is 0 Å². The number of hydrogen-bond acceptors (Lipinski definition) is 3. The molecule has 25 heavy (non-hydrogen) atoms. The van der Waals surface area contributed by atoms with Gasteiger partial charge in [0.05, 0.1) is 6.10 Å². The summed E-state index contributed by atoms with van der Waals surface area (Å²) < 4.78 is 5.70. The molecule has 0 saturated carbocycles. The molecule has 0 unspecified atom stereocenters. The van der Waals surface area contributed by atoms with Gasteiger partial charge in [-0.25, -0.2) is 0 Å². The van der Waals surface area contributed by atoms with Crippen LogP contribution in [-0.4, -0.2) is 17.9 Å². The Bertz CT molecular complexity index is 752. The van der Waals surface area contributed by atoms with Crippen LogP contribution in [0.2, 0.25) is 0 Å². The first-order valence-corrected chi connectivity index (χ1v) is 8.27. The Kier molecular flexibility index (Phi) is 6.17. The highest BCUT2D eigenvalue weighted by Gasteiger charge is 2.08. The number of amides is 2. The first kappa shape index (κ1) is 18.5. The van der Waals surface area contributed by atoms with E-state index >= 15 is 0 Å². The Labute approximate surface area is 148 Å². The number of aryl methyl sites for hydroxylation is 1. The number of hydrogen-bond donors (Lipinski definition) is 2. The van der Waals surface area contributed by atoms with Crippen molar-refractivity contribution in [3.8, 4) is 5.75 Å². The zero-order chi connectivity index (χ0) is 18.4. The average Bonchev–Trinajstić information content (AvgIpc) is 2.55. The summed E-state index contributed by atoms with van der Waals surface area (Å²) in [6, 6.07) is 12.7. The van der Waals surface area contributed by atoms with Gasteiger partial charge in [-0.1, -0.05) is 12.1 Å². The van der Waals surface area contributed by atoms with Crippen LogP contribution in [0.25, 0.3) is 0 Å². The highest BCUT2D eigenvalue weighted by Crippen LogP contribution is 2.23. The summed E-state index contributed by atoms with van der Waals surface area (Å²) >= 11 is 0. The van der Waals surface area contributed by atoms with Crippen LogP contribution in [0.1, 0.15) is 42.3 Å². The fraction of sp³-hybridized carbons (Fsp3) is 0.300. The molecular formula is C20H24N2O3. The third-order valence-electron chi connectivity index (χ3n) is 3.55. The van der Waals surface area contributed by atoms with Crippen LogP contribution in [0.5, 0.6) is 5.75 Å². The third kappa shape index (κ3) is 5.64. The van der Waals surface area contributed by atoms with Gasteiger partial charge in [0.25, 0.3) is 5.91 Å². The molecule has 0 heterocycles. The Morgan fingerprint density at radius 1 is 1.08 bits per heavy atom. The van der Waals surface area contributed by atoms with E-state index in [2.05, 4.69) is 10.6 Å². The maximum Gasteiger partial charge on any atom is 0.255 e. The summed E-state index contributed by atoms with van der Waals surface area (Å²) in [5.74, 6) is 0.556. The monoisotopic (exact) mass is 340 g/mol. The van der Waals surface area contributed by atoms with E-state index < -0.39 is 0 Å². The van der Waals surface area contributed by atoms with Crippen LogP contribution in [0.4, 0.5) is 5.69 Å². The SMILES string of the molecule is CC(=O)NCc1ccc(C(=O)Nc2ccc(OC(C)C)c(C)c2)cc1. The lowest BCUT2D eigenvalue weighted by atomic mass is 10.1. The molecule has 132 valence electrons. The van der Waals surface area contributed by atoms with Crippen molar-refractivity contribution in [2.45, 2.75) is 40.3 Å². The van der Waals surface area contributed by atoms with Crippen LogP contribution >= 0.6 is 0 Å². The van der Waals surface area contributed by atoms with Gasteiger partial charge < -0.3 is 15.4 Å². The van der Waals surface area contributed by atoms with Gasteiger partial charge >= 0.3 is 0 Å². The highest BCUT2D eigenvalue weighted by atomic mass is 16.5. The number of carbonyl (C=O) groups is 2. The van der Waals surface area contributed by atoms with E-state index in [9.17, 15) is 9.59 Å². The molecule has 0 aromatic heterocycles. The van der Waals surface area contributed by atoms with Gasteiger partial charge in [0, 0.05) is 24.7 Å². The van der Waals surface area contributed by atoms with E-state index in [4.69, 9.17) is 4.74 Å². The first-order valence-electron chi connectivity index (χ1n) is 8.27. The van der Waals surface area contributed by atoms with Crippen LogP contribution < -0.4 is 15.4 Å². The fourth-order valence-corrected chi connectivity index (χ4v) is 2.32. The smallest absolute Gasteiger partial charge is 0.255 e. The number of anilines is 1. The molecule has 0 bridgehead atoms. The minimum Gasteiger partial charge on any atom is -0.491 e. The van der Waals surface area contributed by atoms with Gasteiger partial charge in [0.1, 0.15) is 5.75 Å². The average molecular weight is 340 g/mol. The Morgan fingerprint density at radius 2 is 1.76 bits per heavy atom. The van der Waals surface area contributed by atoms with Crippen LogP contribution in [0, 0.1) is 6.92 Å². The number of carbonyl (C=O) groups excluding carboxylic acids is 2. The van der Waals surface area contributed by atoms with E-state index in [1.54, 1.807) is 12.1 Å². The van der Waals surface area contributed by atoms with E-state index in [-0.39, 0.29) is 17.9 Å². The summed E-state index contributed by atoms with van der Waals surface area (Å²) in [4.78, 5) is 23.3. The zero-order valence-electron chi connectivity index (χ0n) is 15.1. The number of nitrogens with one attached hydrogen (secondary N) is 2. The summed E-state index contributed by atoms with van der Waals surface area (Å²) in [6.07, 6.45) is 0.107. The second-order valence-electron chi connectivity index (χ2n) is 6.21. The van der Waals surface area contributed by atoms with E-state index in [0.29, 0.717) is 12.1 Å². The molecule has 0 aliphatic carbocycles. The summed E-state index contributed by atoms with van der Waals surface area (Å²) in [5, 5.41) is 5.61. The van der Waals surface area contributed by atoms with Crippen LogP contribution in [-0.2, 0) is 11.3 Å². The van der Waals surface area contributed by atoms with Crippen molar-refractivity contribution in [1.82, 2.24) is 5.32 Å². The topological polar surface area (TPSA) is 67.4 Å². The third-order valence-corrected chi connectivity index (χ3v) is 3.55. The summed E-state index contributed by atoms with van der Waals surface area (Å²) in [6.45, 7) is 7.83. The lowest BCUT2D eigenvalue weighted by Crippen LogP contribution is -2.19. The minimum atomic E-state index is -0.178. The molecule has 2 amide bonds. The molecule has 5 heteroatoms. The van der Waals surface area contributed by atoms with Crippen LogP contribution in [0.15, 0.2) is 42.5 Å². The quantitative estimate of drug-likeness (QED) is 0.843. The van der Waals surface area contributed by atoms with E-state index in [1.807, 2.05) is 51.1 Å². The molecule has 2 aromatic rings. The molecule has 0 fully saturated rings. The second-order valence-corrected chi connectivity index (χ2v) is 6.21. The van der Waals surface area contributed by atoms with Crippen molar-refractivity contribution in [1.29, 1.82) is 0 Å². The van der Waals surface area contributed by atoms with Crippen molar-refractivity contribution in [3.63, 3.8) is 0 Å². The van der Waals surface area contributed by atoms with Gasteiger partial charge in [0.2, 0.25) is 5.91 Å². The molecule has 2 N–H and O–H groups in total. The van der Waals surface area contributed by atoms with Gasteiger partial charge in [0.15, 0.2) is 0 Å². The lowest BCUT2D eigenvalue weighted by Gasteiger charge is -2.14. The standard InChI is InChI=1S/C20H24N2O3/c1-13(2)25-19-10-9-18(11-14(19)3)22-20(24)17-7-5-16(6-8-17)12-21-15(4)23/h5-11,13H,12H2,1-4H3,(H,21,23)(H,22,24). The Morgan fingerprint density at radius 3 is 2.32 bits per heavy atom. The van der Waals surface area contributed by atoms with Crippen molar-refractivity contribution >= 4 is 17.5 Å². The van der Waals surface area contributed by atoms with Crippen molar-refractivity contribution < 1.29 is 14.3 Å². The molecule has 2 rings (SSSR count). The molecule has 0 spiro atoms. The normalized spacial score (nSPS) is 10.4. The second kappa shape index (κ2) is 8.33. The van der Waals surface area contributed by atoms with Gasteiger partial charge in [-0.3, -0.25) is 9.59 Å². The summed E-state index contributed by atoms with van der Waals surface area (Å²) in [5.41, 5.74) is 3.20. The number of benzene rings is 2. The molecular weight excluding hydrogens is 316 g/mol. The van der Waals surface area contributed by atoms with E-state index in [1.165, 1.54) is 6.92 Å². The van der Waals surface area contributed by atoms with Crippen LogP contribution in [0.3, 0.4) is 0 Å². The van der Waals surface area contributed by atoms with Gasteiger partial charge in [-0.15, -0.1) is 0 Å². The van der Waals surface area contributed by atoms with Gasteiger partial charge in [-0.05, 0) is 62.2 Å². The minimum absolute atomic E-state index is 0.0814. The highest BCUT2D eigenvalue weighted by molar-refractivity contribution is 6.04. The maximum atomic E-state index is 12.4. The van der Waals surface area contributed by atoms with E-state index in [0.717, 1.165) is 22.6 Å².